The maximum absolute atomic E-state index is 12.4. The Morgan fingerprint density at radius 2 is 2.17 bits per heavy atom. The second-order valence-electron chi connectivity index (χ2n) is 4.99. The van der Waals surface area contributed by atoms with Crippen molar-refractivity contribution in [3.05, 3.63) is 51.3 Å². The summed E-state index contributed by atoms with van der Waals surface area (Å²) in [6, 6.07) is 7.47. The molecule has 5 nitrogen and oxygen atoms in total. The van der Waals surface area contributed by atoms with E-state index in [1.807, 2.05) is 24.3 Å². The molecule has 0 bridgehead atoms. The molecule has 3 rings (SSSR count). The minimum atomic E-state index is -0.286. The van der Waals surface area contributed by atoms with Gasteiger partial charge in [-0.3, -0.25) is 9.79 Å². The third-order valence-corrected chi connectivity index (χ3v) is 5.02. The molecule has 1 aromatic carbocycles. The fourth-order valence-corrected chi connectivity index (χ4v) is 3.51. The Bertz CT molecular complexity index is 788. The van der Waals surface area contributed by atoms with E-state index in [9.17, 15) is 4.79 Å². The number of hydrogen-bond acceptors (Lipinski definition) is 4. The Labute approximate surface area is 148 Å². The maximum Gasteiger partial charge on any atom is 0.262 e. The van der Waals surface area contributed by atoms with Crippen LogP contribution in [0.2, 0.25) is 10.2 Å². The lowest BCUT2D eigenvalue weighted by molar-refractivity contribution is 0.0977. The van der Waals surface area contributed by atoms with E-state index >= 15 is 0 Å². The quantitative estimate of drug-likeness (QED) is 0.903. The monoisotopic (exact) mass is 368 g/mol. The van der Waals surface area contributed by atoms with Crippen molar-refractivity contribution in [2.24, 2.45) is 4.99 Å². The number of carbonyl (C=O) groups excluding carboxylic acids is 1. The summed E-state index contributed by atoms with van der Waals surface area (Å²) in [6.45, 7) is 2.88. The molecular weight excluding hydrogens is 355 g/mol. The average molecular weight is 369 g/mol. The first-order valence-corrected chi connectivity index (χ1v) is 8.75. The number of aliphatic imine (C=N–C) groups is 1. The third-order valence-electron chi connectivity index (χ3n) is 3.38. The highest BCUT2D eigenvalue weighted by atomic mass is 35.5. The third kappa shape index (κ3) is 3.54. The van der Waals surface area contributed by atoms with Crippen LogP contribution in [0, 0.1) is 6.92 Å². The van der Waals surface area contributed by atoms with E-state index < -0.39 is 0 Å². The number of aryl methyl sites for hydroxylation is 1. The first-order valence-electron chi connectivity index (χ1n) is 7.01. The van der Waals surface area contributed by atoms with Crippen molar-refractivity contribution in [3.8, 4) is 0 Å². The van der Waals surface area contributed by atoms with E-state index in [1.165, 1.54) is 11.8 Å². The van der Waals surface area contributed by atoms with Crippen LogP contribution in [0.3, 0.4) is 0 Å². The predicted molar refractivity (Wildman–Crippen MR) is 94.8 cm³/mol. The van der Waals surface area contributed by atoms with Gasteiger partial charge in [0, 0.05) is 10.8 Å². The summed E-state index contributed by atoms with van der Waals surface area (Å²) in [5.41, 5.74) is 1.83. The van der Waals surface area contributed by atoms with Gasteiger partial charge in [0.2, 0.25) is 0 Å². The zero-order valence-corrected chi connectivity index (χ0v) is 14.7. The van der Waals surface area contributed by atoms with Crippen LogP contribution in [0.5, 0.6) is 0 Å². The maximum atomic E-state index is 12.4. The van der Waals surface area contributed by atoms with Crippen LogP contribution in [0.1, 0.15) is 21.6 Å². The molecule has 120 valence electrons. The molecule has 0 radical (unpaired) electrons. The van der Waals surface area contributed by atoms with Gasteiger partial charge in [0.05, 0.1) is 24.3 Å². The zero-order valence-electron chi connectivity index (χ0n) is 12.3. The smallest absolute Gasteiger partial charge is 0.262 e. The van der Waals surface area contributed by atoms with Gasteiger partial charge in [-0.15, -0.1) is 0 Å². The van der Waals surface area contributed by atoms with Gasteiger partial charge in [0.25, 0.3) is 5.91 Å². The molecule has 2 aromatic rings. The molecule has 0 aliphatic carbocycles. The first kappa shape index (κ1) is 16.4. The Morgan fingerprint density at radius 1 is 1.39 bits per heavy atom. The number of nitrogens with one attached hydrogen (secondary N) is 1. The fraction of sp³-hybridized carbons (Fsp3) is 0.267. The molecule has 0 saturated heterocycles. The van der Waals surface area contributed by atoms with Gasteiger partial charge in [0.15, 0.2) is 5.17 Å². The molecule has 0 unspecified atom stereocenters. The lowest BCUT2D eigenvalue weighted by Crippen LogP contribution is -2.27. The SMILES string of the molecule is Cc1nn(Cc2ccccc2Cl)c(Cl)c1C(=O)NC1=NCCS1. The predicted octanol–water partition coefficient (Wildman–Crippen LogP) is 3.38. The van der Waals surface area contributed by atoms with Gasteiger partial charge >= 0.3 is 0 Å². The number of thioether (sulfide) groups is 1. The Kier molecular flexibility index (Phi) is 4.94. The molecule has 1 aliphatic rings. The van der Waals surface area contributed by atoms with E-state index in [2.05, 4.69) is 15.4 Å². The molecule has 1 amide bonds. The number of carbonyl (C=O) groups is 1. The van der Waals surface area contributed by atoms with Crippen molar-refractivity contribution >= 4 is 46.0 Å². The number of benzene rings is 1. The van der Waals surface area contributed by atoms with Crippen LogP contribution in [0.25, 0.3) is 0 Å². The summed E-state index contributed by atoms with van der Waals surface area (Å²) < 4.78 is 1.58. The highest BCUT2D eigenvalue weighted by Gasteiger charge is 2.22. The number of amidine groups is 1. The average Bonchev–Trinajstić information content (AvgIpc) is 3.10. The van der Waals surface area contributed by atoms with Crippen LogP contribution in [-0.4, -0.2) is 33.2 Å². The molecule has 0 fully saturated rings. The summed E-state index contributed by atoms with van der Waals surface area (Å²) in [5, 5.41) is 8.70. The summed E-state index contributed by atoms with van der Waals surface area (Å²) in [5.74, 6) is 0.597. The minimum absolute atomic E-state index is 0.286. The van der Waals surface area contributed by atoms with Crippen LogP contribution in [0.4, 0.5) is 0 Å². The van der Waals surface area contributed by atoms with Gasteiger partial charge in [-0.25, -0.2) is 4.68 Å². The van der Waals surface area contributed by atoms with Gasteiger partial charge in [-0.05, 0) is 18.6 Å². The van der Waals surface area contributed by atoms with Crippen LogP contribution in [-0.2, 0) is 6.54 Å². The molecule has 0 atom stereocenters. The van der Waals surface area contributed by atoms with E-state index in [1.54, 1.807) is 11.6 Å². The van der Waals surface area contributed by atoms with Gasteiger partial charge in [-0.1, -0.05) is 53.2 Å². The van der Waals surface area contributed by atoms with Crippen molar-refractivity contribution in [1.29, 1.82) is 0 Å². The minimum Gasteiger partial charge on any atom is -0.301 e. The summed E-state index contributed by atoms with van der Waals surface area (Å²) >= 11 is 14.0. The Balaban J connectivity index is 1.84. The summed E-state index contributed by atoms with van der Waals surface area (Å²) in [6.07, 6.45) is 0. The van der Waals surface area contributed by atoms with E-state index in [-0.39, 0.29) is 5.91 Å². The van der Waals surface area contributed by atoms with E-state index in [0.29, 0.717) is 33.1 Å². The fourth-order valence-electron chi connectivity index (χ4n) is 2.27. The van der Waals surface area contributed by atoms with E-state index in [0.717, 1.165) is 17.9 Å². The number of hydrogen-bond donors (Lipinski definition) is 1. The molecule has 1 aromatic heterocycles. The number of amides is 1. The highest BCUT2D eigenvalue weighted by Crippen LogP contribution is 2.23. The van der Waals surface area contributed by atoms with Crippen LogP contribution < -0.4 is 5.32 Å². The first-order chi connectivity index (χ1) is 11.1. The van der Waals surface area contributed by atoms with Crippen molar-refractivity contribution in [3.63, 3.8) is 0 Å². The van der Waals surface area contributed by atoms with Crippen molar-refractivity contribution < 1.29 is 4.79 Å². The summed E-state index contributed by atoms with van der Waals surface area (Å²) in [4.78, 5) is 16.6. The standard InChI is InChI=1S/C15H14Cl2N4OS/c1-9-12(14(22)19-15-18-6-7-23-15)13(17)21(20-9)8-10-4-2-3-5-11(10)16/h2-5H,6-8H2,1H3,(H,18,19,22). The number of aromatic nitrogens is 2. The lowest BCUT2D eigenvalue weighted by Gasteiger charge is -2.06. The zero-order chi connectivity index (χ0) is 16.4. The Morgan fingerprint density at radius 3 is 2.87 bits per heavy atom. The molecular formula is C15H14Cl2N4OS. The molecule has 0 spiro atoms. The van der Waals surface area contributed by atoms with Gasteiger partial charge < -0.3 is 5.32 Å². The molecule has 1 aliphatic heterocycles. The van der Waals surface area contributed by atoms with Crippen molar-refractivity contribution in [1.82, 2.24) is 15.1 Å². The molecule has 23 heavy (non-hydrogen) atoms. The molecule has 8 heteroatoms. The van der Waals surface area contributed by atoms with Gasteiger partial charge in [-0.2, -0.15) is 5.10 Å². The molecule has 1 N–H and O–H groups in total. The molecule has 0 saturated carbocycles. The van der Waals surface area contributed by atoms with E-state index in [4.69, 9.17) is 23.2 Å². The largest absolute Gasteiger partial charge is 0.301 e. The van der Waals surface area contributed by atoms with Crippen molar-refractivity contribution in [2.45, 2.75) is 13.5 Å². The Hall–Kier alpha value is -1.50. The normalized spacial score (nSPS) is 14.0. The second kappa shape index (κ2) is 6.95. The van der Waals surface area contributed by atoms with Crippen LogP contribution >= 0.6 is 35.0 Å². The molecule has 2 heterocycles. The number of halogens is 2. The summed E-state index contributed by atoms with van der Waals surface area (Å²) in [7, 11) is 0. The van der Waals surface area contributed by atoms with Gasteiger partial charge in [0.1, 0.15) is 5.15 Å². The topological polar surface area (TPSA) is 59.3 Å². The number of rotatable bonds is 3. The highest BCUT2D eigenvalue weighted by molar-refractivity contribution is 8.14. The lowest BCUT2D eigenvalue weighted by atomic mass is 10.2. The van der Waals surface area contributed by atoms with Crippen LogP contribution in [0.15, 0.2) is 29.3 Å². The second-order valence-corrected chi connectivity index (χ2v) is 6.84. The number of nitrogens with zero attached hydrogens (tertiary/aromatic N) is 3. The van der Waals surface area contributed by atoms with Crippen molar-refractivity contribution in [2.75, 3.05) is 12.3 Å².